The largest absolute Gasteiger partial charge is 0.494 e. The second-order valence-electron chi connectivity index (χ2n) is 10.7. The first-order valence-corrected chi connectivity index (χ1v) is 15.5. The number of benzene rings is 4. The molecule has 0 spiro atoms. The lowest BCUT2D eigenvalue weighted by atomic mass is 9.96. The Hall–Kier alpha value is -4.04. The summed E-state index contributed by atoms with van der Waals surface area (Å²) in [4.78, 5) is 18.8. The minimum Gasteiger partial charge on any atom is -0.494 e. The normalized spacial score (nSPS) is 11.5. The fraction of sp³-hybridized carbons (Fsp3) is 0.229. The molecule has 0 saturated heterocycles. The molecule has 0 bridgehead atoms. The highest BCUT2D eigenvalue weighted by Gasteiger charge is 2.19. The Kier molecular flexibility index (Phi) is 10.0. The third-order valence-corrected chi connectivity index (χ3v) is 8.10. The van der Waals surface area contributed by atoms with Gasteiger partial charge in [0.2, 0.25) is 0 Å². The highest BCUT2D eigenvalue weighted by atomic mass is 35.5. The molecule has 1 heterocycles. The molecular weight excluding hydrogens is 633 g/mol. The van der Waals surface area contributed by atoms with Crippen molar-refractivity contribution in [1.29, 1.82) is 0 Å². The molecule has 0 N–H and O–H groups in total. The maximum absolute atomic E-state index is 13.9. The molecule has 10 heteroatoms. The van der Waals surface area contributed by atoms with Crippen LogP contribution in [-0.2, 0) is 6.61 Å². The van der Waals surface area contributed by atoms with Crippen molar-refractivity contribution >= 4 is 51.9 Å². The third-order valence-electron chi connectivity index (χ3n) is 7.23. The zero-order chi connectivity index (χ0) is 32.2. The van der Waals surface area contributed by atoms with E-state index in [2.05, 4.69) is 18.9 Å². The predicted molar refractivity (Wildman–Crippen MR) is 183 cm³/mol. The summed E-state index contributed by atoms with van der Waals surface area (Å²) in [5.74, 6) is 2.15. The number of halogens is 3. The van der Waals surface area contributed by atoms with Crippen LogP contribution in [0.3, 0.4) is 0 Å². The van der Waals surface area contributed by atoms with E-state index >= 15 is 0 Å². The van der Waals surface area contributed by atoms with Gasteiger partial charge in [0.05, 0.1) is 35.9 Å². The van der Waals surface area contributed by atoms with Gasteiger partial charge in [-0.15, -0.1) is 0 Å². The molecule has 7 nitrogen and oxygen atoms in total. The van der Waals surface area contributed by atoms with Crippen molar-refractivity contribution in [1.82, 2.24) is 9.66 Å². The highest BCUT2D eigenvalue weighted by molar-refractivity contribution is 6.35. The van der Waals surface area contributed by atoms with Gasteiger partial charge in [-0.1, -0.05) is 66.8 Å². The first-order valence-electron chi connectivity index (χ1n) is 14.4. The lowest BCUT2D eigenvalue weighted by Gasteiger charge is -2.18. The Bertz CT molecular complexity index is 1970. The summed E-state index contributed by atoms with van der Waals surface area (Å²) < 4.78 is 18.8. The molecule has 5 aromatic rings. The zero-order valence-corrected chi connectivity index (χ0v) is 27.8. The standard InChI is InChI=1S/C35H32Cl3N3O4/c1-6-44-31-13-21(4)27(17-26(31)20(2)3)34-40-30-10-8-7-9-25(30)35(42)41(34)39-18-22-14-29(38)33(32(15-22)43-5)45-19-23-11-12-24(36)16-28(23)37/h7-18,20H,6,19H2,1-5H3. The highest BCUT2D eigenvalue weighted by Crippen LogP contribution is 2.38. The van der Waals surface area contributed by atoms with Crippen molar-refractivity contribution in [3.05, 3.63) is 114 Å². The molecule has 0 fully saturated rings. The minimum absolute atomic E-state index is 0.154. The van der Waals surface area contributed by atoms with Gasteiger partial charge in [0.15, 0.2) is 17.3 Å². The van der Waals surface area contributed by atoms with Crippen LogP contribution in [0.2, 0.25) is 15.1 Å². The zero-order valence-electron chi connectivity index (χ0n) is 25.5. The lowest BCUT2D eigenvalue weighted by molar-refractivity contribution is 0.285. The monoisotopic (exact) mass is 663 g/mol. The van der Waals surface area contributed by atoms with Gasteiger partial charge in [0.25, 0.3) is 5.56 Å². The van der Waals surface area contributed by atoms with E-state index in [0.29, 0.717) is 55.5 Å². The van der Waals surface area contributed by atoms with E-state index < -0.39 is 0 Å². The Morgan fingerprint density at radius 1 is 0.956 bits per heavy atom. The van der Waals surface area contributed by atoms with Gasteiger partial charge < -0.3 is 14.2 Å². The summed E-state index contributed by atoms with van der Waals surface area (Å²) >= 11 is 19.0. The molecule has 0 unspecified atom stereocenters. The average Bonchev–Trinajstić information content (AvgIpc) is 3.00. The van der Waals surface area contributed by atoms with E-state index in [0.717, 1.165) is 28.0 Å². The molecule has 0 atom stereocenters. The average molecular weight is 665 g/mol. The molecule has 0 aliphatic heterocycles. The number of rotatable bonds is 10. The van der Waals surface area contributed by atoms with Gasteiger partial charge in [-0.05, 0) is 85.0 Å². The van der Waals surface area contributed by atoms with Crippen LogP contribution < -0.4 is 19.8 Å². The maximum atomic E-state index is 13.9. The number of aryl methyl sites for hydroxylation is 1. The van der Waals surface area contributed by atoms with Gasteiger partial charge in [-0.25, -0.2) is 4.98 Å². The topological polar surface area (TPSA) is 74.9 Å². The van der Waals surface area contributed by atoms with Crippen LogP contribution in [0.15, 0.2) is 76.6 Å². The van der Waals surface area contributed by atoms with E-state index in [9.17, 15) is 4.79 Å². The molecule has 5 rings (SSSR count). The van der Waals surface area contributed by atoms with Crippen molar-refractivity contribution < 1.29 is 14.2 Å². The number of ether oxygens (including phenoxy) is 3. The van der Waals surface area contributed by atoms with Gasteiger partial charge in [0.1, 0.15) is 12.4 Å². The van der Waals surface area contributed by atoms with Gasteiger partial charge in [-0.2, -0.15) is 9.78 Å². The molecular formula is C35H32Cl3N3O4. The van der Waals surface area contributed by atoms with Crippen LogP contribution in [0.4, 0.5) is 0 Å². The third kappa shape index (κ3) is 6.96. The summed E-state index contributed by atoms with van der Waals surface area (Å²) in [5, 5.41) is 6.40. The van der Waals surface area contributed by atoms with E-state index in [1.807, 2.05) is 38.1 Å². The van der Waals surface area contributed by atoms with Crippen LogP contribution >= 0.6 is 34.8 Å². The van der Waals surface area contributed by atoms with E-state index in [-0.39, 0.29) is 18.1 Å². The molecule has 45 heavy (non-hydrogen) atoms. The van der Waals surface area contributed by atoms with Crippen molar-refractivity contribution in [2.45, 2.75) is 40.2 Å². The Morgan fingerprint density at radius 2 is 1.73 bits per heavy atom. The van der Waals surface area contributed by atoms with Crippen LogP contribution in [0.25, 0.3) is 22.3 Å². The van der Waals surface area contributed by atoms with Crippen LogP contribution in [0.1, 0.15) is 48.9 Å². The number of fused-ring (bicyclic) bond motifs is 1. The number of methoxy groups -OCH3 is 1. The van der Waals surface area contributed by atoms with E-state index in [1.54, 1.807) is 48.7 Å². The molecule has 232 valence electrons. The summed E-state index contributed by atoms with van der Waals surface area (Å²) in [6.07, 6.45) is 1.54. The molecule has 0 saturated carbocycles. The van der Waals surface area contributed by atoms with E-state index in [1.165, 1.54) is 11.8 Å². The number of hydrogen-bond donors (Lipinski definition) is 0. The Morgan fingerprint density at radius 3 is 2.44 bits per heavy atom. The summed E-state index contributed by atoms with van der Waals surface area (Å²) in [7, 11) is 1.52. The van der Waals surface area contributed by atoms with Gasteiger partial charge >= 0.3 is 0 Å². The maximum Gasteiger partial charge on any atom is 0.282 e. The van der Waals surface area contributed by atoms with Crippen molar-refractivity contribution in [2.75, 3.05) is 13.7 Å². The van der Waals surface area contributed by atoms with E-state index in [4.69, 9.17) is 54.0 Å². The second kappa shape index (κ2) is 13.9. The smallest absolute Gasteiger partial charge is 0.282 e. The van der Waals surface area contributed by atoms with Crippen LogP contribution in [-0.4, -0.2) is 29.6 Å². The van der Waals surface area contributed by atoms with Crippen LogP contribution in [0, 0.1) is 6.92 Å². The summed E-state index contributed by atoms with van der Waals surface area (Å²) in [6.45, 7) is 8.83. The van der Waals surface area contributed by atoms with Gasteiger partial charge in [-0.3, -0.25) is 4.79 Å². The Balaban J connectivity index is 1.58. The molecule has 0 amide bonds. The number of nitrogens with zero attached hydrogens (tertiary/aromatic N) is 3. The molecule has 0 radical (unpaired) electrons. The minimum atomic E-state index is -0.302. The quantitative estimate of drug-likeness (QED) is 0.139. The van der Waals surface area contributed by atoms with Crippen molar-refractivity contribution in [3.8, 4) is 28.6 Å². The first-order chi connectivity index (χ1) is 21.6. The molecule has 4 aromatic carbocycles. The first kappa shape index (κ1) is 32.4. The lowest BCUT2D eigenvalue weighted by Crippen LogP contribution is -2.21. The predicted octanol–water partition coefficient (Wildman–Crippen LogP) is 9.32. The molecule has 0 aliphatic carbocycles. The molecule has 0 aliphatic rings. The fourth-order valence-electron chi connectivity index (χ4n) is 4.94. The van der Waals surface area contributed by atoms with Crippen LogP contribution in [0.5, 0.6) is 17.2 Å². The number of para-hydroxylation sites is 1. The SMILES string of the molecule is CCOc1cc(C)c(-c2nc3ccccc3c(=O)n2N=Cc2cc(Cl)c(OCc3ccc(Cl)cc3Cl)c(OC)c2)cc1C(C)C. The second-order valence-corrected chi connectivity index (χ2v) is 11.9. The van der Waals surface area contributed by atoms with Gasteiger partial charge in [0, 0.05) is 21.2 Å². The number of aromatic nitrogens is 2. The fourth-order valence-corrected chi connectivity index (χ4v) is 5.68. The van der Waals surface area contributed by atoms with Crippen molar-refractivity contribution in [2.24, 2.45) is 5.10 Å². The Labute approximate surface area is 276 Å². The number of hydrogen-bond acceptors (Lipinski definition) is 6. The van der Waals surface area contributed by atoms with Crippen molar-refractivity contribution in [3.63, 3.8) is 0 Å². The molecule has 1 aromatic heterocycles. The summed E-state index contributed by atoms with van der Waals surface area (Å²) in [5.41, 5.74) is 4.31. The summed E-state index contributed by atoms with van der Waals surface area (Å²) in [6, 6.07) is 19.8.